The smallest absolute Gasteiger partial charge is 0.323 e. The molecule has 4 heteroatoms. The summed E-state index contributed by atoms with van der Waals surface area (Å²) in [5.74, 6) is -0.323. The Bertz CT molecular complexity index is 364. The topological polar surface area (TPSA) is 55.6 Å². The first kappa shape index (κ1) is 15.7. The number of hydrogen-bond acceptors (Lipinski definition) is 4. The van der Waals surface area contributed by atoms with Crippen LogP contribution in [0.5, 0.6) is 0 Å². The predicted octanol–water partition coefficient (Wildman–Crippen LogP) is 1.44. The first-order valence-electron chi connectivity index (χ1n) is 6.85. The lowest BCUT2D eigenvalue weighted by atomic mass is 10.1. The van der Waals surface area contributed by atoms with E-state index in [2.05, 4.69) is 18.7 Å². The van der Waals surface area contributed by atoms with Crippen LogP contribution in [-0.4, -0.2) is 43.2 Å². The predicted molar refractivity (Wildman–Crippen MR) is 76.9 cm³/mol. The van der Waals surface area contributed by atoms with Gasteiger partial charge in [0.2, 0.25) is 0 Å². The van der Waals surface area contributed by atoms with Crippen molar-refractivity contribution in [2.24, 2.45) is 5.73 Å². The van der Waals surface area contributed by atoms with Crippen LogP contribution < -0.4 is 5.73 Å². The van der Waals surface area contributed by atoms with Crippen molar-refractivity contribution in [1.82, 2.24) is 4.90 Å². The lowest BCUT2D eigenvalue weighted by Crippen LogP contribution is -2.36. The fourth-order valence-corrected chi connectivity index (χ4v) is 1.87. The zero-order chi connectivity index (χ0) is 14.1. The number of likely N-dealkylation sites (N-methyl/N-ethyl adjacent to an activating group) is 1. The van der Waals surface area contributed by atoms with Gasteiger partial charge >= 0.3 is 5.97 Å². The maximum absolute atomic E-state index is 11.7. The van der Waals surface area contributed by atoms with Crippen LogP contribution in [0.25, 0.3) is 0 Å². The van der Waals surface area contributed by atoms with E-state index in [0.29, 0.717) is 13.0 Å². The summed E-state index contributed by atoms with van der Waals surface area (Å²) in [5.41, 5.74) is 6.89. The third-order valence-electron chi connectivity index (χ3n) is 3.15. The third-order valence-corrected chi connectivity index (χ3v) is 3.15. The molecule has 0 aliphatic rings. The fraction of sp³-hybridized carbons (Fsp3) is 0.533. The molecule has 2 N–H and O–H groups in total. The van der Waals surface area contributed by atoms with Crippen LogP contribution in [0.3, 0.4) is 0 Å². The Morgan fingerprint density at radius 2 is 1.89 bits per heavy atom. The molecule has 0 spiro atoms. The first-order chi connectivity index (χ1) is 9.17. The Balaban J connectivity index is 2.29. The molecule has 0 saturated heterocycles. The number of benzene rings is 1. The van der Waals surface area contributed by atoms with Gasteiger partial charge in [0, 0.05) is 6.54 Å². The molecule has 0 aliphatic heterocycles. The van der Waals surface area contributed by atoms with Gasteiger partial charge in [0.05, 0.1) is 0 Å². The van der Waals surface area contributed by atoms with Gasteiger partial charge < -0.3 is 15.4 Å². The maximum Gasteiger partial charge on any atom is 0.323 e. The number of nitrogens with two attached hydrogens (primary N) is 1. The minimum absolute atomic E-state index is 0.323. The molecule has 0 heterocycles. The summed E-state index contributed by atoms with van der Waals surface area (Å²) >= 11 is 0. The normalized spacial score (nSPS) is 12.4. The second-order valence-corrected chi connectivity index (χ2v) is 4.49. The molecule has 0 saturated carbocycles. The number of ether oxygens (including phenoxy) is 1. The van der Waals surface area contributed by atoms with Crippen molar-refractivity contribution in [3.05, 3.63) is 35.9 Å². The molecule has 1 aromatic rings. The molecule has 0 radical (unpaired) electrons. The Kier molecular flexibility index (Phi) is 7.15. The van der Waals surface area contributed by atoms with E-state index < -0.39 is 6.04 Å². The van der Waals surface area contributed by atoms with Gasteiger partial charge in [0.25, 0.3) is 0 Å². The summed E-state index contributed by atoms with van der Waals surface area (Å²) in [4.78, 5) is 13.9. The Morgan fingerprint density at radius 1 is 1.26 bits per heavy atom. The van der Waals surface area contributed by atoms with E-state index in [1.54, 1.807) is 0 Å². The zero-order valence-electron chi connectivity index (χ0n) is 11.8. The molecule has 1 atom stereocenters. The van der Waals surface area contributed by atoms with E-state index in [4.69, 9.17) is 10.5 Å². The molecule has 1 rings (SSSR count). The monoisotopic (exact) mass is 264 g/mol. The zero-order valence-corrected chi connectivity index (χ0v) is 11.8. The van der Waals surface area contributed by atoms with Gasteiger partial charge in [-0.2, -0.15) is 0 Å². The van der Waals surface area contributed by atoms with Gasteiger partial charge in [-0.1, -0.05) is 44.2 Å². The van der Waals surface area contributed by atoms with Crippen LogP contribution in [0.1, 0.15) is 19.4 Å². The van der Waals surface area contributed by atoms with E-state index in [-0.39, 0.29) is 5.97 Å². The summed E-state index contributed by atoms with van der Waals surface area (Å²) in [7, 11) is 0. The van der Waals surface area contributed by atoms with Crippen molar-refractivity contribution in [2.75, 3.05) is 26.2 Å². The van der Waals surface area contributed by atoms with Crippen molar-refractivity contribution in [2.45, 2.75) is 26.3 Å². The van der Waals surface area contributed by atoms with Crippen LogP contribution in [0.2, 0.25) is 0 Å². The Labute approximate surface area is 115 Å². The standard InChI is InChI=1S/C15H24N2O2/c1-3-17(4-2)10-11-19-15(18)14(16)12-13-8-6-5-7-9-13/h5-9,14H,3-4,10-12,16H2,1-2H3/t14-/m0/s1. The number of esters is 1. The largest absolute Gasteiger partial charge is 0.463 e. The summed E-state index contributed by atoms with van der Waals surface area (Å²) in [6.07, 6.45) is 0.519. The SMILES string of the molecule is CCN(CC)CCOC(=O)[C@@H](N)Cc1ccccc1. The fourth-order valence-electron chi connectivity index (χ4n) is 1.87. The van der Waals surface area contributed by atoms with E-state index in [1.165, 1.54) is 0 Å². The van der Waals surface area contributed by atoms with Crippen molar-refractivity contribution < 1.29 is 9.53 Å². The van der Waals surface area contributed by atoms with Crippen molar-refractivity contribution in [1.29, 1.82) is 0 Å². The Morgan fingerprint density at radius 3 is 2.47 bits per heavy atom. The number of nitrogens with zero attached hydrogens (tertiary/aromatic N) is 1. The first-order valence-corrected chi connectivity index (χ1v) is 6.85. The van der Waals surface area contributed by atoms with Gasteiger partial charge in [0.1, 0.15) is 12.6 Å². The molecule has 0 aliphatic carbocycles. The molecule has 0 bridgehead atoms. The average molecular weight is 264 g/mol. The van der Waals surface area contributed by atoms with Crippen molar-refractivity contribution in [3.63, 3.8) is 0 Å². The molecule has 0 amide bonds. The van der Waals surface area contributed by atoms with Crippen molar-refractivity contribution >= 4 is 5.97 Å². The third kappa shape index (κ3) is 5.85. The summed E-state index contributed by atoms with van der Waals surface area (Å²) in [5, 5.41) is 0. The number of rotatable bonds is 8. The van der Waals surface area contributed by atoms with Crippen LogP contribution in [-0.2, 0) is 16.0 Å². The highest BCUT2D eigenvalue weighted by atomic mass is 16.5. The highest BCUT2D eigenvalue weighted by Crippen LogP contribution is 2.03. The number of carbonyl (C=O) groups excluding carboxylic acids is 1. The van der Waals surface area contributed by atoms with E-state index in [1.807, 2.05) is 30.3 Å². The second-order valence-electron chi connectivity index (χ2n) is 4.49. The van der Waals surface area contributed by atoms with Crippen LogP contribution >= 0.6 is 0 Å². The minimum atomic E-state index is -0.584. The summed E-state index contributed by atoms with van der Waals surface area (Å²) in [6.45, 7) is 7.27. The number of hydrogen-bond donors (Lipinski definition) is 1. The lowest BCUT2D eigenvalue weighted by Gasteiger charge is -2.18. The maximum atomic E-state index is 11.7. The molecular formula is C15H24N2O2. The summed E-state index contributed by atoms with van der Waals surface area (Å²) in [6, 6.07) is 9.16. The van der Waals surface area contributed by atoms with Crippen molar-refractivity contribution in [3.8, 4) is 0 Å². The van der Waals surface area contributed by atoms with Crippen LogP contribution in [0.4, 0.5) is 0 Å². The van der Waals surface area contributed by atoms with Gasteiger partial charge in [-0.05, 0) is 25.1 Å². The van der Waals surface area contributed by atoms with Gasteiger partial charge in [-0.15, -0.1) is 0 Å². The minimum Gasteiger partial charge on any atom is -0.463 e. The molecule has 0 unspecified atom stereocenters. The van der Waals surface area contributed by atoms with Gasteiger partial charge in [-0.25, -0.2) is 0 Å². The van der Waals surface area contributed by atoms with E-state index >= 15 is 0 Å². The van der Waals surface area contributed by atoms with Gasteiger partial charge in [0.15, 0.2) is 0 Å². The molecule has 106 valence electrons. The van der Waals surface area contributed by atoms with Crippen LogP contribution in [0, 0.1) is 0 Å². The molecule has 0 aromatic heterocycles. The molecule has 4 nitrogen and oxygen atoms in total. The number of carbonyl (C=O) groups is 1. The van der Waals surface area contributed by atoms with E-state index in [0.717, 1.165) is 25.2 Å². The quantitative estimate of drug-likeness (QED) is 0.722. The summed E-state index contributed by atoms with van der Waals surface area (Å²) < 4.78 is 5.20. The second kappa shape index (κ2) is 8.67. The van der Waals surface area contributed by atoms with Gasteiger partial charge in [-0.3, -0.25) is 4.79 Å². The Hall–Kier alpha value is -1.39. The highest BCUT2D eigenvalue weighted by molar-refractivity contribution is 5.75. The van der Waals surface area contributed by atoms with E-state index in [9.17, 15) is 4.79 Å². The van der Waals surface area contributed by atoms with Crippen LogP contribution in [0.15, 0.2) is 30.3 Å². The average Bonchev–Trinajstić information content (AvgIpc) is 2.44. The molecule has 0 fully saturated rings. The molecular weight excluding hydrogens is 240 g/mol. The molecule has 19 heavy (non-hydrogen) atoms. The molecule has 1 aromatic carbocycles. The highest BCUT2D eigenvalue weighted by Gasteiger charge is 2.15. The lowest BCUT2D eigenvalue weighted by molar-refractivity contribution is -0.145.